The summed E-state index contributed by atoms with van der Waals surface area (Å²) in [7, 11) is -3.97. The maximum absolute atomic E-state index is 13.2. The second kappa shape index (κ2) is 11.6. The number of hydrogen-bond donors (Lipinski definition) is 3. The van der Waals surface area contributed by atoms with Gasteiger partial charge in [0.2, 0.25) is 0 Å². The highest BCUT2D eigenvalue weighted by Crippen LogP contribution is 2.21. The Morgan fingerprint density at radius 3 is 2.56 bits per heavy atom. The second-order valence-corrected chi connectivity index (χ2v) is 12.6. The number of likely N-dealkylation sites (tertiary alicyclic amines) is 1. The molecule has 10 nitrogen and oxygen atoms in total. The van der Waals surface area contributed by atoms with Crippen molar-refractivity contribution < 1.29 is 13.2 Å². The van der Waals surface area contributed by atoms with E-state index in [1.54, 1.807) is 31.3 Å². The third kappa shape index (κ3) is 6.47. The van der Waals surface area contributed by atoms with Gasteiger partial charge in [0.15, 0.2) is 0 Å². The fourth-order valence-corrected chi connectivity index (χ4v) is 6.76. The normalized spacial score (nSPS) is 14.0. The van der Waals surface area contributed by atoms with Crippen molar-refractivity contribution in [2.45, 2.75) is 30.4 Å². The SMILES string of the molecule is Cc1ccc(S(=O)(=O)NC(=O)Nc2ccc(-n3ccc4cc(NCCCN5CCCC5)ccc4c3=O)nc2)s1. The van der Waals surface area contributed by atoms with E-state index >= 15 is 0 Å². The van der Waals surface area contributed by atoms with Crippen LogP contribution in [0.5, 0.6) is 0 Å². The van der Waals surface area contributed by atoms with Crippen molar-refractivity contribution >= 4 is 49.5 Å². The fraction of sp³-hybridized carbons (Fsp3) is 0.296. The predicted octanol–water partition coefficient (Wildman–Crippen LogP) is 4.16. The molecule has 4 aromatic rings. The van der Waals surface area contributed by atoms with Gasteiger partial charge in [0.25, 0.3) is 15.6 Å². The molecule has 3 aromatic heterocycles. The number of amides is 2. The molecule has 0 bridgehead atoms. The first kappa shape index (κ1) is 26.9. The van der Waals surface area contributed by atoms with Gasteiger partial charge in [0.1, 0.15) is 10.0 Å². The zero-order chi connectivity index (χ0) is 27.4. The summed E-state index contributed by atoms with van der Waals surface area (Å²) in [6, 6.07) is 12.9. The number of benzene rings is 1. The molecular formula is C27H30N6O4S2. The smallest absolute Gasteiger partial charge is 0.333 e. The van der Waals surface area contributed by atoms with Gasteiger partial charge in [-0.25, -0.2) is 22.9 Å². The zero-order valence-electron chi connectivity index (χ0n) is 21.5. The van der Waals surface area contributed by atoms with Crippen LogP contribution in [-0.4, -0.2) is 55.1 Å². The molecule has 3 N–H and O–H groups in total. The van der Waals surface area contributed by atoms with Crippen LogP contribution in [0.1, 0.15) is 24.1 Å². The van der Waals surface area contributed by atoms with Crippen molar-refractivity contribution in [3.63, 3.8) is 0 Å². The van der Waals surface area contributed by atoms with Gasteiger partial charge in [-0.1, -0.05) is 0 Å². The first-order valence-corrected chi connectivity index (χ1v) is 15.1. The molecule has 0 atom stereocenters. The van der Waals surface area contributed by atoms with E-state index in [1.165, 1.54) is 42.8 Å². The highest BCUT2D eigenvalue weighted by molar-refractivity contribution is 7.92. The molecule has 2 amide bonds. The molecule has 0 unspecified atom stereocenters. The third-order valence-electron chi connectivity index (χ3n) is 6.54. The Bertz CT molecular complexity index is 1640. The maximum Gasteiger partial charge on any atom is 0.333 e. The minimum Gasteiger partial charge on any atom is -0.385 e. The Morgan fingerprint density at radius 2 is 1.85 bits per heavy atom. The van der Waals surface area contributed by atoms with Gasteiger partial charge in [-0.05, 0) is 99.7 Å². The lowest BCUT2D eigenvalue weighted by Gasteiger charge is -2.15. The largest absolute Gasteiger partial charge is 0.385 e. The molecule has 1 aromatic carbocycles. The van der Waals surface area contributed by atoms with Crippen LogP contribution in [0.15, 0.2) is 69.9 Å². The number of thiophene rings is 1. The minimum absolute atomic E-state index is 0.0553. The average Bonchev–Trinajstić information content (AvgIpc) is 3.59. The number of hydrogen-bond acceptors (Lipinski definition) is 8. The standard InChI is InChI=1S/C27H30N6O4S2/c1-19-5-10-25(38-19)39(36,37)31-27(35)30-22-7-9-24(29-18-22)33-16-11-20-17-21(6-8-23(20)26(33)34)28-12-4-15-32-13-2-3-14-32/h5-11,16-18,28H,2-4,12-15H2,1H3,(H2,30,31,35). The molecule has 12 heteroatoms. The van der Waals surface area contributed by atoms with Gasteiger partial charge in [-0.3, -0.25) is 9.36 Å². The molecule has 4 heterocycles. The molecule has 0 radical (unpaired) electrons. The number of urea groups is 1. The molecule has 0 aliphatic carbocycles. The van der Waals surface area contributed by atoms with Crippen LogP contribution in [-0.2, 0) is 10.0 Å². The molecule has 39 heavy (non-hydrogen) atoms. The van der Waals surface area contributed by atoms with E-state index in [0.29, 0.717) is 11.2 Å². The van der Waals surface area contributed by atoms with Crippen LogP contribution in [0.3, 0.4) is 0 Å². The molecule has 1 fully saturated rings. The quantitative estimate of drug-likeness (QED) is 0.260. The molecule has 1 aliphatic heterocycles. The Balaban J connectivity index is 1.21. The summed E-state index contributed by atoms with van der Waals surface area (Å²) < 4.78 is 28.2. The lowest BCUT2D eigenvalue weighted by atomic mass is 10.1. The van der Waals surface area contributed by atoms with E-state index in [1.807, 2.05) is 29.0 Å². The number of rotatable bonds is 9. The number of aromatic nitrogens is 2. The Morgan fingerprint density at radius 1 is 1.05 bits per heavy atom. The molecule has 1 saturated heterocycles. The summed E-state index contributed by atoms with van der Waals surface area (Å²) in [5.74, 6) is 0.374. The van der Waals surface area contributed by atoms with Gasteiger partial charge in [-0.15, -0.1) is 11.3 Å². The summed E-state index contributed by atoms with van der Waals surface area (Å²) in [4.78, 5) is 33.0. The van der Waals surface area contributed by atoms with E-state index in [2.05, 4.69) is 20.5 Å². The molecule has 0 spiro atoms. The van der Waals surface area contributed by atoms with Gasteiger partial charge in [0.05, 0.1) is 11.9 Å². The van der Waals surface area contributed by atoms with Crippen LogP contribution in [0.4, 0.5) is 16.2 Å². The number of anilines is 2. The van der Waals surface area contributed by atoms with Crippen molar-refractivity contribution in [2.24, 2.45) is 0 Å². The van der Waals surface area contributed by atoms with Crippen LogP contribution in [0.2, 0.25) is 0 Å². The van der Waals surface area contributed by atoms with Crippen LogP contribution in [0, 0.1) is 6.92 Å². The number of carbonyl (C=O) groups is 1. The number of pyridine rings is 2. The Labute approximate surface area is 230 Å². The van der Waals surface area contributed by atoms with Crippen LogP contribution >= 0.6 is 11.3 Å². The van der Waals surface area contributed by atoms with E-state index in [0.717, 1.165) is 46.8 Å². The van der Waals surface area contributed by atoms with Crippen molar-refractivity contribution in [1.82, 2.24) is 19.2 Å². The highest BCUT2D eigenvalue weighted by atomic mass is 32.2. The zero-order valence-corrected chi connectivity index (χ0v) is 23.1. The number of nitrogens with zero attached hydrogens (tertiary/aromatic N) is 3. The predicted molar refractivity (Wildman–Crippen MR) is 155 cm³/mol. The topological polar surface area (TPSA) is 125 Å². The first-order chi connectivity index (χ1) is 18.8. The summed E-state index contributed by atoms with van der Waals surface area (Å²) in [5.41, 5.74) is 1.04. The van der Waals surface area contributed by atoms with Gasteiger partial charge >= 0.3 is 6.03 Å². The summed E-state index contributed by atoms with van der Waals surface area (Å²) >= 11 is 1.07. The lowest BCUT2D eigenvalue weighted by molar-refractivity contribution is 0.256. The van der Waals surface area contributed by atoms with E-state index in [9.17, 15) is 18.0 Å². The monoisotopic (exact) mass is 566 g/mol. The summed E-state index contributed by atoms with van der Waals surface area (Å²) in [6.07, 6.45) is 6.70. The average molecular weight is 567 g/mol. The minimum atomic E-state index is -3.97. The van der Waals surface area contributed by atoms with Crippen LogP contribution < -0.4 is 20.9 Å². The lowest BCUT2D eigenvalue weighted by Crippen LogP contribution is -2.34. The van der Waals surface area contributed by atoms with Gasteiger partial charge in [0, 0.05) is 28.7 Å². The fourth-order valence-electron chi connectivity index (χ4n) is 4.57. The Kier molecular flexibility index (Phi) is 7.96. The molecular weight excluding hydrogens is 536 g/mol. The van der Waals surface area contributed by atoms with Crippen molar-refractivity contribution in [1.29, 1.82) is 0 Å². The molecule has 204 valence electrons. The summed E-state index contributed by atoms with van der Waals surface area (Å²) in [6.45, 7) is 6.16. The van der Waals surface area contributed by atoms with Gasteiger partial charge in [-0.2, -0.15) is 0 Å². The number of carbonyl (C=O) groups excluding carboxylic acids is 1. The van der Waals surface area contributed by atoms with Crippen molar-refractivity contribution in [3.05, 3.63) is 76.2 Å². The van der Waals surface area contributed by atoms with E-state index in [-0.39, 0.29) is 15.5 Å². The first-order valence-electron chi connectivity index (χ1n) is 12.8. The second-order valence-electron chi connectivity index (χ2n) is 9.45. The molecule has 5 rings (SSSR count). The van der Waals surface area contributed by atoms with Gasteiger partial charge < -0.3 is 15.5 Å². The number of aryl methyl sites for hydroxylation is 1. The number of sulfonamides is 1. The molecule has 0 saturated carbocycles. The van der Waals surface area contributed by atoms with Crippen molar-refractivity contribution in [2.75, 3.05) is 36.8 Å². The molecule has 1 aliphatic rings. The number of fused-ring (bicyclic) bond motifs is 1. The Hall–Kier alpha value is -3.74. The van der Waals surface area contributed by atoms with E-state index in [4.69, 9.17) is 0 Å². The highest BCUT2D eigenvalue weighted by Gasteiger charge is 2.19. The van der Waals surface area contributed by atoms with Crippen molar-refractivity contribution in [3.8, 4) is 5.82 Å². The van der Waals surface area contributed by atoms with E-state index < -0.39 is 16.1 Å². The maximum atomic E-state index is 13.2. The summed E-state index contributed by atoms with van der Waals surface area (Å²) in [5, 5.41) is 7.30. The third-order valence-corrected chi connectivity index (χ3v) is 9.37. The number of nitrogens with one attached hydrogen (secondary N) is 3. The van der Waals surface area contributed by atoms with Crippen LogP contribution in [0.25, 0.3) is 16.6 Å².